The van der Waals surface area contributed by atoms with E-state index in [9.17, 15) is 9.59 Å². The van der Waals surface area contributed by atoms with Crippen LogP contribution in [0.4, 0.5) is 0 Å². The first-order valence-corrected chi connectivity index (χ1v) is 9.54. The number of hydrogen-bond donors (Lipinski definition) is 1. The maximum atomic E-state index is 12.5. The molecule has 28 heavy (non-hydrogen) atoms. The molecule has 2 amide bonds. The Morgan fingerprint density at radius 3 is 1.64 bits per heavy atom. The molecule has 0 unspecified atom stereocenters. The van der Waals surface area contributed by atoms with Crippen LogP contribution in [-0.2, 0) is 0 Å². The second-order valence-corrected chi connectivity index (χ2v) is 6.87. The molecule has 4 rings (SSSR count). The number of fused-ring (bicyclic) bond motifs is 1. The standard InChI is InChI=1S/C24H22N2O2/c27-23-20-14-7-8-15-21(20)24(28)26(23)17-9-16-25-22(18-10-3-1-4-11-18)19-12-5-2-6-13-19/h1-8,10-15,22,25H,9,16-17H2. The smallest absolute Gasteiger partial charge is 0.261 e. The van der Waals surface area contributed by atoms with Crippen LogP contribution in [0.3, 0.4) is 0 Å². The number of carbonyl (C=O) groups is 2. The van der Waals surface area contributed by atoms with Crippen LogP contribution in [0.15, 0.2) is 84.9 Å². The van der Waals surface area contributed by atoms with Crippen LogP contribution in [0, 0.1) is 0 Å². The second kappa shape index (κ2) is 8.19. The molecule has 0 radical (unpaired) electrons. The average molecular weight is 370 g/mol. The summed E-state index contributed by atoms with van der Waals surface area (Å²) in [7, 11) is 0. The van der Waals surface area contributed by atoms with Gasteiger partial charge in [0, 0.05) is 6.54 Å². The van der Waals surface area contributed by atoms with Gasteiger partial charge in [0.15, 0.2) is 0 Å². The summed E-state index contributed by atoms with van der Waals surface area (Å²) in [6, 6.07) is 27.7. The molecule has 0 saturated heterocycles. The van der Waals surface area contributed by atoms with E-state index >= 15 is 0 Å². The van der Waals surface area contributed by atoms with Gasteiger partial charge in [-0.05, 0) is 36.2 Å². The quantitative estimate of drug-likeness (QED) is 0.504. The van der Waals surface area contributed by atoms with Gasteiger partial charge in [-0.15, -0.1) is 0 Å². The van der Waals surface area contributed by atoms with Crippen LogP contribution in [0.1, 0.15) is 44.3 Å². The Labute approximate surface area is 164 Å². The van der Waals surface area contributed by atoms with Crippen molar-refractivity contribution in [3.05, 3.63) is 107 Å². The highest BCUT2D eigenvalue weighted by Gasteiger charge is 2.34. The van der Waals surface area contributed by atoms with Gasteiger partial charge in [-0.2, -0.15) is 0 Å². The maximum absolute atomic E-state index is 12.5. The number of imide groups is 1. The van der Waals surface area contributed by atoms with Gasteiger partial charge in [0.25, 0.3) is 11.8 Å². The number of rotatable bonds is 7. The molecule has 0 aromatic heterocycles. The molecule has 1 heterocycles. The molecule has 4 heteroatoms. The van der Waals surface area contributed by atoms with Crippen molar-refractivity contribution in [1.82, 2.24) is 10.2 Å². The van der Waals surface area contributed by atoms with Gasteiger partial charge in [-0.25, -0.2) is 0 Å². The Bertz CT molecular complexity index is 896. The summed E-state index contributed by atoms with van der Waals surface area (Å²) >= 11 is 0. The number of benzene rings is 3. The van der Waals surface area contributed by atoms with E-state index < -0.39 is 0 Å². The lowest BCUT2D eigenvalue weighted by Gasteiger charge is -2.21. The molecular weight excluding hydrogens is 348 g/mol. The van der Waals surface area contributed by atoms with Crippen molar-refractivity contribution in [3.63, 3.8) is 0 Å². The molecule has 3 aromatic carbocycles. The molecule has 4 nitrogen and oxygen atoms in total. The summed E-state index contributed by atoms with van der Waals surface area (Å²) in [4.78, 5) is 26.3. The molecule has 1 aliphatic heterocycles. The predicted molar refractivity (Wildman–Crippen MR) is 109 cm³/mol. The van der Waals surface area contributed by atoms with Gasteiger partial charge in [-0.1, -0.05) is 72.8 Å². The SMILES string of the molecule is O=C1c2ccccc2C(=O)N1CCCNC(c1ccccc1)c1ccccc1. The monoisotopic (exact) mass is 370 g/mol. The van der Waals surface area contributed by atoms with E-state index in [4.69, 9.17) is 0 Å². The fraction of sp³-hybridized carbons (Fsp3) is 0.167. The van der Waals surface area contributed by atoms with Crippen LogP contribution in [0.2, 0.25) is 0 Å². The van der Waals surface area contributed by atoms with Crippen molar-refractivity contribution in [2.75, 3.05) is 13.1 Å². The molecule has 1 aliphatic rings. The zero-order valence-electron chi connectivity index (χ0n) is 15.5. The zero-order valence-corrected chi connectivity index (χ0v) is 15.5. The van der Waals surface area contributed by atoms with Gasteiger partial charge in [0.1, 0.15) is 0 Å². The third kappa shape index (κ3) is 3.59. The summed E-state index contributed by atoms with van der Waals surface area (Å²) in [5.74, 6) is -0.383. The molecule has 0 fully saturated rings. The van der Waals surface area contributed by atoms with Crippen LogP contribution in [0.25, 0.3) is 0 Å². The van der Waals surface area contributed by atoms with Crippen molar-refractivity contribution >= 4 is 11.8 Å². The van der Waals surface area contributed by atoms with Crippen LogP contribution >= 0.6 is 0 Å². The first kappa shape index (κ1) is 18.1. The molecule has 140 valence electrons. The third-order valence-corrected chi connectivity index (χ3v) is 5.05. The van der Waals surface area contributed by atoms with Crippen molar-refractivity contribution in [3.8, 4) is 0 Å². The number of amides is 2. The summed E-state index contributed by atoms with van der Waals surface area (Å²) in [5, 5.41) is 3.58. The van der Waals surface area contributed by atoms with Gasteiger partial charge >= 0.3 is 0 Å². The first-order chi connectivity index (χ1) is 13.8. The number of carbonyl (C=O) groups excluding carboxylic acids is 2. The Balaban J connectivity index is 1.40. The molecule has 0 aliphatic carbocycles. The Morgan fingerprint density at radius 1 is 0.679 bits per heavy atom. The minimum atomic E-state index is -0.191. The molecule has 1 N–H and O–H groups in total. The number of nitrogens with one attached hydrogen (secondary N) is 1. The zero-order chi connectivity index (χ0) is 19.3. The lowest BCUT2D eigenvalue weighted by Crippen LogP contribution is -2.33. The van der Waals surface area contributed by atoms with E-state index in [0.717, 1.165) is 0 Å². The molecule has 0 bridgehead atoms. The Kier molecular flexibility index (Phi) is 5.31. The number of nitrogens with zero attached hydrogens (tertiary/aromatic N) is 1. The highest BCUT2D eigenvalue weighted by Crippen LogP contribution is 2.23. The van der Waals surface area contributed by atoms with E-state index in [2.05, 4.69) is 29.6 Å². The van der Waals surface area contributed by atoms with E-state index in [1.54, 1.807) is 24.3 Å². The van der Waals surface area contributed by atoms with E-state index in [1.807, 2.05) is 36.4 Å². The lowest BCUT2D eigenvalue weighted by atomic mass is 9.98. The van der Waals surface area contributed by atoms with Crippen LogP contribution in [0.5, 0.6) is 0 Å². The number of hydrogen-bond acceptors (Lipinski definition) is 3. The van der Waals surface area contributed by atoms with E-state index in [0.29, 0.717) is 30.6 Å². The minimum Gasteiger partial charge on any atom is -0.306 e. The van der Waals surface area contributed by atoms with Crippen molar-refractivity contribution < 1.29 is 9.59 Å². The summed E-state index contributed by atoms with van der Waals surface area (Å²) in [5.41, 5.74) is 3.39. The van der Waals surface area contributed by atoms with E-state index in [1.165, 1.54) is 16.0 Å². The van der Waals surface area contributed by atoms with Gasteiger partial charge in [0.05, 0.1) is 17.2 Å². The van der Waals surface area contributed by atoms with Crippen molar-refractivity contribution in [2.24, 2.45) is 0 Å². The summed E-state index contributed by atoms with van der Waals surface area (Å²) in [6.07, 6.45) is 0.696. The Hall–Kier alpha value is -3.24. The summed E-state index contributed by atoms with van der Waals surface area (Å²) in [6.45, 7) is 1.11. The highest BCUT2D eigenvalue weighted by molar-refractivity contribution is 6.21. The van der Waals surface area contributed by atoms with E-state index in [-0.39, 0.29) is 17.9 Å². The topological polar surface area (TPSA) is 49.4 Å². The predicted octanol–water partition coefficient (Wildman–Crippen LogP) is 4.05. The molecular formula is C24H22N2O2. The maximum Gasteiger partial charge on any atom is 0.261 e. The fourth-order valence-electron chi connectivity index (χ4n) is 3.64. The first-order valence-electron chi connectivity index (χ1n) is 9.54. The summed E-state index contributed by atoms with van der Waals surface area (Å²) < 4.78 is 0. The molecule has 3 aromatic rings. The fourth-order valence-corrected chi connectivity index (χ4v) is 3.64. The van der Waals surface area contributed by atoms with Gasteiger partial charge < -0.3 is 5.32 Å². The van der Waals surface area contributed by atoms with Crippen LogP contribution in [-0.4, -0.2) is 29.8 Å². The van der Waals surface area contributed by atoms with Crippen LogP contribution < -0.4 is 5.32 Å². The second-order valence-electron chi connectivity index (χ2n) is 6.87. The Morgan fingerprint density at radius 2 is 1.14 bits per heavy atom. The average Bonchev–Trinajstić information content (AvgIpc) is 3.00. The van der Waals surface area contributed by atoms with Gasteiger partial charge in [-0.3, -0.25) is 14.5 Å². The van der Waals surface area contributed by atoms with Crippen molar-refractivity contribution in [2.45, 2.75) is 12.5 Å². The minimum absolute atomic E-state index is 0.0737. The highest BCUT2D eigenvalue weighted by atomic mass is 16.2. The normalized spacial score (nSPS) is 13.2. The third-order valence-electron chi connectivity index (χ3n) is 5.05. The van der Waals surface area contributed by atoms with Gasteiger partial charge in [0.2, 0.25) is 0 Å². The molecule has 0 spiro atoms. The lowest BCUT2D eigenvalue weighted by molar-refractivity contribution is 0.0652. The van der Waals surface area contributed by atoms with Crippen molar-refractivity contribution in [1.29, 1.82) is 0 Å². The molecule has 0 saturated carbocycles. The largest absolute Gasteiger partial charge is 0.306 e. The molecule has 0 atom stereocenters.